The van der Waals surface area contributed by atoms with Crippen LogP contribution in [0.15, 0.2) is 57.6 Å². The number of benzene rings is 2. The second-order valence-electron chi connectivity index (χ2n) is 7.57. The molecule has 162 valence electrons. The number of aromatic nitrogens is 2. The molecular weight excluding hydrogens is 430 g/mol. The van der Waals surface area contributed by atoms with Crippen LogP contribution in [0.1, 0.15) is 38.5 Å². The van der Waals surface area contributed by atoms with Gasteiger partial charge in [-0.15, -0.1) is 0 Å². The smallest absolute Gasteiger partial charge is 0.340 e. The van der Waals surface area contributed by atoms with Crippen LogP contribution in [-0.2, 0) is 13.2 Å². The maximum Gasteiger partial charge on any atom is 0.416 e. The fourth-order valence-corrected chi connectivity index (χ4v) is 4.31. The van der Waals surface area contributed by atoms with Gasteiger partial charge in [-0.05, 0) is 23.8 Å². The van der Waals surface area contributed by atoms with Crippen molar-refractivity contribution in [1.82, 2.24) is 9.55 Å². The van der Waals surface area contributed by atoms with Gasteiger partial charge < -0.3 is 5.32 Å². The Labute approximate surface area is 176 Å². The molecule has 32 heavy (non-hydrogen) atoms. The lowest BCUT2D eigenvalue weighted by Crippen LogP contribution is -2.37. The molecule has 0 amide bonds. The Hall–Kier alpha value is -3.95. The van der Waals surface area contributed by atoms with Crippen molar-refractivity contribution in [3.05, 3.63) is 103 Å². The summed E-state index contributed by atoms with van der Waals surface area (Å²) in [5.41, 5.74) is -2.21. The van der Waals surface area contributed by atoms with Crippen LogP contribution in [-0.4, -0.2) is 15.3 Å². The van der Waals surface area contributed by atoms with Gasteiger partial charge in [0.05, 0.1) is 16.8 Å². The van der Waals surface area contributed by atoms with Crippen molar-refractivity contribution in [3.63, 3.8) is 0 Å². The highest BCUT2D eigenvalue weighted by atomic mass is 19.4. The SMILES string of the molecule is Cn1c2c(c(=O)[nH]c1=O)C(c1cc(F)cc(C(F)(F)F)c1)C1=C(N2)c2ccccc2C1=O. The molecule has 1 aromatic heterocycles. The van der Waals surface area contributed by atoms with Crippen LogP contribution in [0.2, 0.25) is 0 Å². The summed E-state index contributed by atoms with van der Waals surface area (Å²) in [6.45, 7) is 0. The van der Waals surface area contributed by atoms with Gasteiger partial charge >= 0.3 is 11.9 Å². The summed E-state index contributed by atoms with van der Waals surface area (Å²) < 4.78 is 55.6. The number of hydrogen-bond acceptors (Lipinski definition) is 4. The molecule has 1 aliphatic carbocycles. The van der Waals surface area contributed by atoms with E-state index in [-0.39, 0.29) is 33.8 Å². The minimum absolute atomic E-state index is 0.0153. The number of Topliss-reactive ketones (excluding diaryl/α,β-unsaturated/α-hetero) is 1. The molecule has 2 aromatic carbocycles. The summed E-state index contributed by atoms with van der Waals surface area (Å²) in [5, 5.41) is 2.94. The minimum atomic E-state index is -4.84. The second kappa shape index (κ2) is 6.52. The van der Waals surface area contributed by atoms with Crippen molar-refractivity contribution in [2.24, 2.45) is 7.05 Å². The molecule has 0 fully saturated rings. The topological polar surface area (TPSA) is 84.0 Å². The van der Waals surface area contributed by atoms with Crippen LogP contribution in [0, 0.1) is 5.82 Å². The van der Waals surface area contributed by atoms with Gasteiger partial charge in [0, 0.05) is 29.7 Å². The van der Waals surface area contributed by atoms with Crippen molar-refractivity contribution in [2.75, 3.05) is 5.32 Å². The Bertz CT molecular complexity index is 1480. The molecule has 0 radical (unpaired) electrons. The first kappa shape index (κ1) is 20.0. The number of H-pyrrole nitrogens is 1. The quantitative estimate of drug-likeness (QED) is 0.565. The van der Waals surface area contributed by atoms with Crippen molar-refractivity contribution in [3.8, 4) is 0 Å². The zero-order valence-electron chi connectivity index (χ0n) is 16.3. The number of halogens is 4. The van der Waals surface area contributed by atoms with E-state index in [1.807, 2.05) is 0 Å². The molecule has 2 N–H and O–H groups in total. The van der Waals surface area contributed by atoms with Crippen molar-refractivity contribution in [1.29, 1.82) is 0 Å². The molecule has 10 heteroatoms. The minimum Gasteiger partial charge on any atom is -0.340 e. The number of alkyl halides is 3. The maximum absolute atomic E-state index is 14.3. The normalized spacial score (nSPS) is 17.0. The van der Waals surface area contributed by atoms with E-state index in [2.05, 4.69) is 10.3 Å². The van der Waals surface area contributed by atoms with Crippen molar-refractivity contribution < 1.29 is 22.4 Å². The maximum atomic E-state index is 14.3. The van der Waals surface area contributed by atoms with E-state index in [4.69, 9.17) is 0 Å². The average molecular weight is 443 g/mol. The lowest BCUT2D eigenvalue weighted by Gasteiger charge is -2.29. The van der Waals surface area contributed by atoms with Crippen LogP contribution in [0.5, 0.6) is 0 Å². The number of hydrogen-bond donors (Lipinski definition) is 2. The van der Waals surface area contributed by atoms with Gasteiger partial charge in [-0.3, -0.25) is 19.1 Å². The number of carbonyl (C=O) groups is 1. The lowest BCUT2D eigenvalue weighted by molar-refractivity contribution is -0.137. The number of aromatic amines is 1. The first-order valence-electron chi connectivity index (χ1n) is 9.44. The molecule has 0 spiro atoms. The number of anilines is 1. The fourth-order valence-electron chi connectivity index (χ4n) is 4.31. The molecule has 1 atom stereocenters. The second-order valence-corrected chi connectivity index (χ2v) is 7.57. The summed E-state index contributed by atoms with van der Waals surface area (Å²) in [6.07, 6.45) is -4.84. The van der Waals surface area contributed by atoms with E-state index < -0.39 is 40.5 Å². The average Bonchev–Trinajstić information content (AvgIpc) is 3.02. The van der Waals surface area contributed by atoms with Crippen LogP contribution < -0.4 is 16.6 Å². The molecule has 3 aromatic rings. The molecule has 5 rings (SSSR count). The van der Waals surface area contributed by atoms with E-state index in [0.717, 1.165) is 10.6 Å². The number of ketones is 1. The number of nitrogens with one attached hydrogen (secondary N) is 2. The third kappa shape index (κ3) is 2.75. The Morgan fingerprint density at radius 1 is 1.00 bits per heavy atom. The molecule has 0 saturated carbocycles. The predicted molar refractivity (Wildman–Crippen MR) is 107 cm³/mol. The van der Waals surface area contributed by atoms with Gasteiger partial charge in [-0.2, -0.15) is 13.2 Å². The van der Waals surface area contributed by atoms with Crippen LogP contribution in [0.4, 0.5) is 23.4 Å². The largest absolute Gasteiger partial charge is 0.416 e. The molecule has 0 bridgehead atoms. The van der Waals surface area contributed by atoms with E-state index in [0.29, 0.717) is 17.7 Å². The van der Waals surface area contributed by atoms with Gasteiger partial charge in [0.1, 0.15) is 11.6 Å². The highest BCUT2D eigenvalue weighted by Gasteiger charge is 2.43. The predicted octanol–water partition coefficient (Wildman–Crippen LogP) is 3.40. The zero-order valence-corrected chi connectivity index (χ0v) is 16.3. The molecule has 1 aliphatic heterocycles. The third-order valence-electron chi connectivity index (χ3n) is 5.72. The Morgan fingerprint density at radius 3 is 2.38 bits per heavy atom. The lowest BCUT2D eigenvalue weighted by atomic mass is 9.81. The molecular formula is C22H13F4N3O3. The number of carbonyl (C=O) groups excluding carboxylic acids is 1. The first-order chi connectivity index (χ1) is 15.1. The number of nitrogens with zero attached hydrogens (tertiary/aromatic N) is 1. The Balaban J connectivity index is 1.87. The van der Waals surface area contributed by atoms with Gasteiger partial charge in [0.15, 0.2) is 5.78 Å². The van der Waals surface area contributed by atoms with Crippen LogP contribution in [0.25, 0.3) is 5.70 Å². The molecule has 1 unspecified atom stereocenters. The number of rotatable bonds is 1. The molecule has 2 heterocycles. The number of allylic oxidation sites excluding steroid dienone is 1. The highest BCUT2D eigenvalue weighted by molar-refractivity contribution is 6.23. The van der Waals surface area contributed by atoms with Crippen molar-refractivity contribution >= 4 is 17.3 Å². The first-order valence-corrected chi connectivity index (χ1v) is 9.44. The zero-order chi connectivity index (χ0) is 22.9. The summed E-state index contributed by atoms with van der Waals surface area (Å²) in [6, 6.07) is 8.42. The van der Waals surface area contributed by atoms with Gasteiger partial charge in [0.2, 0.25) is 0 Å². The van der Waals surface area contributed by atoms with Gasteiger partial charge in [0.25, 0.3) is 5.56 Å². The fraction of sp³-hybridized carbons (Fsp3) is 0.136. The monoisotopic (exact) mass is 443 g/mol. The van der Waals surface area contributed by atoms with E-state index in [1.165, 1.54) is 7.05 Å². The summed E-state index contributed by atoms with van der Waals surface area (Å²) in [7, 11) is 1.36. The summed E-state index contributed by atoms with van der Waals surface area (Å²) in [5.74, 6) is -2.97. The van der Waals surface area contributed by atoms with E-state index in [1.54, 1.807) is 24.3 Å². The van der Waals surface area contributed by atoms with Crippen molar-refractivity contribution in [2.45, 2.75) is 12.1 Å². The Morgan fingerprint density at radius 2 is 1.69 bits per heavy atom. The molecule has 0 saturated heterocycles. The number of fused-ring (bicyclic) bond motifs is 3. The van der Waals surface area contributed by atoms with E-state index >= 15 is 0 Å². The molecule has 6 nitrogen and oxygen atoms in total. The highest BCUT2D eigenvalue weighted by Crippen LogP contribution is 2.48. The van der Waals surface area contributed by atoms with Gasteiger partial charge in [-0.25, -0.2) is 9.18 Å². The summed E-state index contributed by atoms with van der Waals surface area (Å²) in [4.78, 5) is 40.3. The molecule has 2 aliphatic rings. The van der Waals surface area contributed by atoms with Gasteiger partial charge in [-0.1, -0.05) is 24.3 Å². The Kier molecular flexibility index (Phi) is 4.07. The summed E-state index contributed by atoms with van der Waals surface area (Å²) >= 11 is 0. The standard InChI is InChI=1S/C22H13F4N3O3/c1-29-19-16(20(31)28-21(29)32)14(9-6-10(22(24,25)26)8-11(23)7-9)15-17(27-19)12-4-2-3-5-13(12)18(15)30/h2-8,14,27H,1H3,(H,28,31,32). The third-order valence-corrected chi connectivity index (χ3v) is 5.72. The van der Waals surface area contributed by atoms with E-state index in [9.17, 15) is 31.9 Å². The van der Waals surface area contributed by atoms with Crippen LogP contribution in [0.3, 0.4) is 0 Å². The van der Waals surface area contributed by atoms with Crippen LogP contribution >= 0.6 is 0 Å².